The minimum atomic E-state index is -0.430. The largest absolute Gasteiger partial charge is 0.378 e. The fourth-order valence-electron chi connectivity index (χ4n) is 3.91. The second-order valence-corrected chi connectivity index (χ2v) is 9.47. The number of hydrogen-bond donors (Lipinski definition) is 1. The molecule has 10 heteroatoms. The fraction of sp³-hybridized carbons (Fsp3) is 0.217. The molecule has 0 spiro atoms. The number of thioether (sulfide) groups is 1. The number of carbonyl (C=O) groups is 3. The minimum absolute atomic E-state index is 0.171. The zero-order valence-electron chi connectivity index (χ0n) is 17.4. The summed E-state index contributed by atoms with van der Waals surface area (Å²) in [7, 11) is 0. The number of ether oxygens (including phenoxy) is 1. The van der Waals surface area contributed by atoms with Crippen LogP contribution >= 0.6 is 27.7 Å². The van der Waals surface area contributed by atoms with Gasteiger partial charge in [0.1, 0.15) is 6.54 Å². The molecule has 3 amide bonds. The number of anilines is 2. The van der Waals surface area contributed by atoms with Gasteiger partial charge in [-0.3, -0.25) is 19.3 Å². The lowest BCUT2D eigenvalue weighted by Crippen LogP contribution is -2.38. The number of rotatable bonds is 3. The van der Waals surface area contributed by atoms with Crippen LogP contribution in [0.1, 0.15) is 5.56 Å². The average Bonchev–Trinajstić information content (AvgIpc) is 3.31. The molecule has 0 aliphatic carbocycles. The van der Waals surface area contributed by atoms with Crippen molar-refractivity contribution in [2.45, 2.75) is 0 Å². The highest BCUT2D eigenvalue weighted by molar-refractivity contribution is 9.10. The van der Waals surface area contributed by atoms with Crippen molar-refractivity contribution in [2.75, 3.05) is 43.1 Å². The van der Waals surface area contributed by atoms with E-state index in [1.165, 1.54) is 16.7 Å². The van der Waals surface area contributed by atoms with E-state index in [9.17, 15) is 14.4 Å². The number of amides is 3. The van der Waals surface area contributed by atoms with Crippen LogP contribution in [0.3, 0.4) is 0 Å². The number of amidine groups is 1. The van der Waals surface area contributed by atoms with E-state index in [2.05, 4.69) is 26.2 Å². The Bertz CT molecular complexity index is 1220. The van der Waals surface area contributed by atoms with E-state index in [0.29, 0.717) is 58.9 Å². The number of benzene rings is 2. The maximum Gasteiger partial charge on any atom is 0.287 e. The lowest BCUT2D eigenvalue weighted by Gasteiger charge is -2.27. The molecular weight excluding hydrogens is 508 g/mol. The van der Waals surface area contributed by atoms with E-state index in [1.807, 2.05) is 23.1 Å². The maximum absolute atomic E-state index is 13.5. The van der Waals surface area contributed by atoms with Crippen molar-refractivity contribution in [2.24, 2.45) is 4.99 Å². The Hall–Kier alpha value is -2.95. The summed E-state index contributed by atoms with van der Waals surface area (Å²) < 4.78 is 6.21. The van der Waals surface area contributed by atoms with Crippen LogP contribution in [0.2, 0.25) is 0 Å². The molecule has 2 aromatic carbocycles. The van der Waals surface area contributed by atoms with Crippen LogP contribution < -0.4 is 10.2 Å². The first-order valence-electron chi connectivity index (χ1n) is 10.4. The van der Waals surface area contributed by atoms with E-state index >= 15 is 0 Å². The van der Waals surface area contributed by atoms with Crippen LogP contribution in [0.4, 0.5) is 11.4 Å². The molecule has 168 valence electrons. The smallest absolute Gasteiger partial charge is 0.287 e. The van der Waals surface area contributed by atoms with Gasteiger partial charge in [0.2, 0.25) is 5.91 Å². The molecule has 0 unspecified atom stereocenters. The van der Waals surface area contributed by atoms with Crippen LogP contribution in [-0.4, -0.2) is 60.6 Å². The lowest BCUT2D eigenvalue weighted by atomic mass is 10.1. The Morgan fingerprint density at radius 3 is 2.70 bits per heavy atom. The third kappa shape index (κ3) is 4.33. The highest BCUT2D eigenvalue weighted by Gasteiger charge is 2.40. The van der Waals surface area contributed by atoms with Crippen molar-refractivity contribution >= 4 is 67.5 Å². The Morgan fingerprint density at radius 2 is 1.91 bits per heavy atom. The highest BCUT2D eigenvalue weighted by Crippen LogP contribution is 2.43. The zero-order chi connectivity index (χ0) is 22.9. The van der Waals surface area contributed by atoms with E-state index in [4.69, 9.17) is 4.74 Å². The summed E-state index contributed by atoms with van der Waals surface area (Å²) in [5, 5.41) is 3.40. The number of para-hydroxylation sites is 1. The topological polar surface area (TPSA) is 91.3 Å². The summed E-state index contributed by atoms with van der Waals surface area (Å²) in [4.78, 5) is 46.9. The first kappa shape index (κ1) is 21.9. The van der Waals surface area contributed by atoms with Gasteiger partial charge < -0.3 is 15.0 Å². The molecule has 3 heterocycles. The first-order chi connectivity index (χ1) is 16.0. The number of carbonyl (C=O) groups excluding carboxylic acids is 3. The Morgan fingerprint density at radius 1 is 1.12 bits per heavy atom. The Kier molecular flexibility index (Phi) is 6.05. The molecule has 0 atom stereocenters. The van der Waals surface area contributed by atoms with Crippen LogP contribution in [0, 0.1) is 0 Å². The second kappa shape index (κ2) is 9.12. The van der Waals surface area contributed by atoms with Gasteiger partial charge in [-0.25, -0.2) is 0 Å². The predicted molar refractivity (Wildman–Crippen MR) is 131 cm³/mol. The zero-order valence-corrected chi connectivity index (χ0v) is 19.8. The van der Waals surface area contributed by atoms with Crippen molar-refractivity contribution in [3.05, 3.63) is 63.5 Å². The van der Waals surface area contributed by atoms with E-state index in [1.54, 1.807) is 30.3 Å². The highest BCUT2D eigenvalue weighted by atomic mass is 79.9. The van der Waals surface area contributed by atoms with Crippen molar-refractivity contribution < 1.29 is 19.1 Å². The molecule has 33 heavy (non-hydrogen) atoms. The van der Waals surface area contributed by atoms with E-state index < -0.39 is 5.91 Å². The molecule has 0 saturated carbocycles. The third-order valence-corrected chi connectivity index (χ3v) is 7.03. The normalized spacial score (nSPS) is 20.2. The molecule has 1 fully saturated rings. The molecule has 8 nitrogen and oxygen atoms in total. The summed E-state index contributed by atoms with van der Waals surface area (Å²) in [5.41, 5.74) is 2.15. The minimum Gasteiger partial charge on any atom is -0.378 e. The Balaban J connectivity index is 1.41. The van der Waals surface area contributed by atoms with Gasteiger partial charge in [-0.15, -0.1) is 0 Å². The summed E-state index contributed by atoms with van der Waals surface area (Å²) in [6.45, 7) is 2.27. The number of nitrogens with zero attached hydrogens (tertiary/aromatic N) is 3. The lowest BCUT2D eigenvalue weighted by molar-refractivity contribution is -0.118. The van der Waals surface area contributed by atoms with E-state index in [0.717, 1.165) is 4.47 Å². The summed E-state index contributed by atoms with van der Waals surface area (Å²) in [6.07, 6.45) is 0. The summed E-state index contributed by atoms with van der Waals surface area (Å²) >= 11 is 4.59. The van der Waals surface area contributed by atoms with Gasteiger partial charge in [0.05, 0.1) is 29.4 Å². The molecular formula is C23H19BrN4O4S. The van der Waals surface area contributed by atoms with Crippen molar-refractivity contribution in [3.63, 3.8) is 0 Å². The molecule has 2 aromatic rings. The SMILES string of the molecule is O=C(CN1C(=O)/C(=C2\SC(N3CCOCC3)=NC2=O)c2ccccc21)Nc1cccc(Br)c1. The quantitative estimate of drug-likeness (QED) is 0.618. The number of nitrogens with one attached hydrogen (secondary N) is 1. The van der Waals surface area contributed by atoms with Crippen molar-refractivity contribution in [3.8, 4) is 0 Å². The van der Waals surface area contributed by atoms with Crippen LogP contribution in [0.5, 0.6) is 0 Å². The predicted octanol–water partition coefficient (Wildman–Crippen LogP) is 3.11. The maximum atomic E-state index is 13.5. The van der Waals surface area contributed by atoms with E-state index in [-0.39, 0.29) is 18.4 Å². The van der Waals surface area contributed by atoms with Gasteiger partial charge in [-0.05, 0) is 36.0 Å². The molecule has 5 rings (SSSR count). The molecule has 3 aliphatic rings. The standard InChI is InChI=1S/C23H19BrN4O4S/c24-14-4-3-5-15(12-14)25-18(29)13-28-17-7-2-1-6-16(17)19(22(28)31)20-21(30)26-23(33-20)27-8-10-32-11-9-27/h1-7,12H,8-11,13H2,(H,25,29)/b20-19-. The van der Waals surface area contributed by atoms with Crippen molar-refractivity contribution in [1.82, 2.24) is 4.90 Å². The molecule has 0 aromatic heterocycles. The third-order valence-electron chi connectivity index (χ3n) is 5.43. The fourth-order valence-corrected chi connectivity index (χ4v) is 5.36. The van der Waals surface area contributed by atoms with Gasteiger partial charge in [0.25, 0.3) is 11.8 Å². The monoisotopic (exact) mass is 526 g/mol. The van der Waals surface area contributed by atoms with Crippen molar-refractivity contribution in [1.29, 1.82) is 0 Å². The number of halogens is 1. The van der Waals surface area contributed by atoms with Crippen LogP contribution in [0.15, 0.2) is 62.9 Å². The summed E-state index contributed by atoms with van der Waals surface area (Å²) in [6, 6.07) is 14.4. The number of hydrogen-bond acceptors (Lipinski definition) is 6. The van der Waals surface area contributed by atoms with Gasteiger partial charge in [0, 0.05) is 28.8 Å². The second-order valence-electron chi connectivity index (χ2n) is 7.57. The molecule has 1 saturated heterocycles. The van der Waals surface area contributed by atoms with Gasteiger partial charge >= 0.3 is 0 Å². The Labute approximate surface area is 202 Å². The van der Waals surface area contributed by atoms with Gasteiger partial charge in [-0.2, -0.15) is 4.99 Å². The number of morpholine rings is 1. The average molecular weight is 527 g/mol. The van der Waals surface area contributed by atoms with Crippen LogP contribution in [0.25, 0.3) is 5.57 Å². The molecule has 1 N–H and O–H groups in total. The summed E-state index contributed by atoms with van der Waals surface area (Å²) in [5.74, 6) is -1.15. The molecule has 0 radical (unpaired) electrons. The molecule has 3 aliphatic heterocycles. The molecule has 0 bridgehead atoms. The number of fused-ring (bicyclic) bond motifs is 1. The van der Waals surface area contributed by atoms with Crippen LogP contribution in [-0.2, 0) is 19.1 Å². The van der Waals surface area contributed by atoms with Gasteiger partial charge in [0.15, 0.2) is 5.17 Å². The first-order valence-corrected chi connectivity index (χ1v) is 12.0. The van der Waals surface area contributed by atoms with Gasteiger partial charge in [-0.1, -0.05) is 40.2 Å². The number of aliphatic imine (C=N–C) groups is 1.